The van der Waals surface area contributed by atoms with Crippen LogP contribution in [-0.2, 0) is 16.0 Å². The average molecular weight is 428 g/mol. The molecule has 0 aliphatic carbocycles. The first-order valence-corrected chi connectivity index (χ1v) is 8.96. The van der Waals surface area contributed by atoms with Crippen LogP contribution in [0.3, 0.4) is 0 Å². The van der Waals surface area contributed by atoms with Gasteiger partial charge in [-0.1, -0.05) is 0 Å². The molecule has 0 atom stereocenters. The highest BCUT2D eigenvalue weighted by Gasteiger charge is 2.16. The van der Waals surface area contributed by atoms with Crippen molar-refractivity contribution in [3.05, 3.63) is 55.9 Å². The fourth-order valence-electron chi connectivity index (χ4n) is 1.96. The zero-order valence-electron chi connectivity index (χ0n) is 13.3. The van der Waals surface area contributed by atoms with Crippen LogP contribution in [0.1, 0.15) is 31.8 Å². The van der Waals surface area contributed by atoms with E-state index in [0.717, 1.165) is 17.0 Å². The zero-order chi connectivity index (χ0) is 18.4. The summed E-state index contributed by atoms with van der Waals surface area (Å²) in [6.45, 7) is 1.54. The standard InChI is InChI=1S/C17H15BrFNO4S/c1-10(21)20-7-6-12-3-5-16(25-12)15(22)9-24-17(23)13-4-2-11(19)8-14(13)18/h2-5,8H,6-7,9H2,1H3,(H,20,21). The summed E-state index contributed by atoms with van der Waals surface area (Å²) in [7, 11) is 0. The molecule has 0 saturated heterocycles. The van der Waals surface area contributed by atoms with Crippen molar-refractivity contribution in [2.75, 3.05) is 13.2 Å². The third kappa shape index (κ3) is 5.75. The minimum atomic E-state index is -0.706. The summed E-state index contributed by atoms with van der Waals surface area (Å²) in [4.78, 5) is 36.3. The number of carbonyl (C=O) groups is 3. The minimum Gasteiger partial charge on any atom is -0.454 e. The van der Waals surface area contributed by atoms with Crippen LogP contribution >= 0.6 is 27.3 Å². The van der Waals surface area contributed by atoms with Gasteiger partial charge in [-0.3, -0.25) is 9.59 Å². The maximum absolute atomic E-state index is 13.0. The van der Waals surface area contributed by atoms with Gasteiger partial charge in [-0.05, 0) is 52.7 Å². The minimum absolute atomic E-state index is 0.105. The second-order valence-electron chi connectivity index (χ2n) is 5.12. The SMILES string of the molecule is CC(=O)NCCc1ccc(C(=O)COC(=O)c2ccc(F)cc2Br)s1. The van der Waals surface area contributed by atoms with Crippen molar-refractivity contribution >= 4 is 44.9 Å². The maximum atomic E-state index is 13.0. The molecular formula is C17H15BrFNO4S. The molecule has 25 heavy (non-hydrogen) atoms. The molecule has 0 spiro atoms. The van der Waals surface area contributed by atoms with Gasteiger partial charge in [-0.15, -0.1) is 11.3 Å². The molecule has 0 bridgehead atoms. The molecule has 0 fully saturated rings. The van der Waals surface area contributed by atoms with Crippen LogP contribution in [0.4, 0.5) is 4.39 Å². The number of nitrogens with one attached hydrogen (secondary N) is 1. The van der Waals surface area contributed by atoms with Gasteiger partial charge in [0.1, 0.15) is 5.82 Å². The molecule has 0 radical (unpaired) electrons. The Morgan fingerprint density at radius 1 is 1.24 bits per heavy atom. The molecule has 2 rings (SSSR count). The Morgan fingerprint density at radius 3 is 2.68 bits per heavy atom. The molecule has 1 heterocycles. The van der Waals surface area contributed by atoms with Crippen LogP contribution in [0.15, 0.2) is 34.8 Å². The lowest BCUT2D eigenvalue weighted by Crippen LogP contribution is -2.22. The third-order valence-electron chi connectivity index (χ3n) is 3.17. The van der Waals surface area contributed by atoms with Gasteiger partial charge < -0.3 is 10.1 Å². The van der Waals surface area contributed by atoms with E-state index in [1.807, 2.05) is 0 Å². The molecular weight excluding hydrogens is 413 g/mol. The van der Waals surface area contributed by atoms with E-state index in [2.05, 4.69) is 21.2 Å². The van der Waals surface area contributed by atoms with Crippen molar-refractivity contribution in [3.8, 4) is 0 Å². The van der Waals surface area contributed by atoms with Gasteiger partial charge in [0.05, 0.1) is 10.4 Å². The highest BCUT2D eigenvalue weighted by atomic mass is 79.9. The lowest BCUT2D eigenvalue weighted by Gasteiger charge is -2.05. The molecule has 1 aromatic carbocycles. The lowest BCUT2D eigenvalue weighted by molar-refractivity contribution is -0.118. The van der Waals surface area contributed by atoms with E-state index in [9.17, 15) is 18.8 Å². The van der Waals surface area contributed by atoms with Gasteiger partial charge >= 0.3 is 5.97 Å². The number of hydrogen-bond acceptors (Lipinski definition) is 5. The number of Topliss-reactive ketones (excluding diaryl/α,β-unsaturated/α-hetero) is 1. The topological polar surface area (TPSA) is 72.5 Å². The monoisotopic (exact) mass is 427 g/mol. The molecule has 8 heteroatoms. The van der Waals surface area contributed by atoms with Crippen LogP contribution < -0.4 is 5.32 Å². The second-order valence-corrected chi connectivity index (χ2v) is 7.15. The van der Waals surface area contributed by atoms with Crippen molar-refractivity contribution in [2.24, 2.45) is 0 Å². The number of carbonyl (C=O) groups excluding carboxylic acids is 3. The molecule has 5 nitrogen and oxygen atoms in total. The summed E-state index contributed by atoms with van der Waals surface area (Å²) in [5.74, 6) is -1.61. The highest BCUT2D eigenvalue weighted by Crippen LogP contribution is 2.20. The summed E-state index contributed by atoms with van der Waals surface area (Å²) >= 11 is 4.38. The Balaban J connectivity index is 1.88. The molecule has 1 N–H and O–H groups in total. The molecule has 0 unspecified atom stereocenters. The van der Waals surface area contributed by atoms with Gasteiger partial charge in [-0.25, -0.2) is 9.18 Å². The van der Waals surface area contributed by atoms with Crippen LogP contribution in [0.25, 0.3) is 0 Å². The first-order chi connectivity index (χ1) is 11.9. The Morgan fingerprint density at radius 2 is 2.00 bits per heavy atom. The van der Waals surface area contributed by atoms with Gasteiger partial charge in [0.2, 0.25) is 11.7 Å². The number of ketones is 1. The number of benzene rings is 1. The van der Waals surface area contributed by atoms with Gasteiger partial charge in [0.25, 0.3) is 0 Å². The number of halogens is 2. The normalized spacial score (nSPS) is 10.4. The van der Waals surface area contributed by atoms with E-state index < -0.39 is 18.4 Å². The summed E-state index contributed by atoms with van der Waals surface area (Å²) in [5, 5.41) is 2.68. The molecule has 0 aliphatic rings. The zero-order valence-corrected chi connectivity index (χ0v) is 15.7. The van der Waals surface area contributed by atoms with Crippen LogP contribution in [0, 0.1) is 5.82 Å². The summed E-state index contributed by atoms with van der Waals surface area (Å²) in [5.41, 5.74) is 0.149. The van der Waals surface area contributed by atoms with Crippen molar-refractivity contribution < 1.29 is 23.5 Å². The van der Waals surface area contributed by atoms with E-state index in [1.165, 1.54) is 24.3 Å². The number of rotatable bonds is 7. The predicted molar refractivity (Wildman–Crippen MR) is 95.4 cm³/mol. The number of ether oxygens (including phenoxy) is 1. The van der Waals surface area contributed by atoms with Gasteiger partial charge in [-0.2, -0.15) is 0 Å². The van der Waals surface area contributed by atoms with Gasteiger partial charge in [0.15, 0.2) is 6.61 Å². The summed E-state index contributed by atoms with van der Waals surface area (Å²) < 4.78 is 18.3. The third-order valence-corrected chi connectivity index (χ3v) is 5.01. The van der Waals surface area contributed by atoms with Crippen molar-refractivity contribution in [2.45, 2.75) is 13.3 Å². The second kappa shape index (κ2) is 8.87. The molecule has 1 amide bonds. The van der Waals surface area contributed by atoms with E-state index in [4.69, 9.17) is 4.74 Å². The fraction of sp³-hybridized carbons (Fsp3) is 0.235. The first kappa shape index (κ1) is 19.3. The predicted octanol–water partition coefficient (Wildman–Crippen LogP) is 3.37. The number of amides is 1. The smallest absolute Gasteiger partial charge is 0.339 e. The lowest BCUT2D eigenvalue weighted by atomic mass is 10.2. The van der Waals surface area contributed by atoms with E-state index in [1.54, 1.807) is 12.1 Å². The number of hydrogen-bond donors (Lipinski definition) is 1. The van der Waals surface area contributed by atoms with Crippen LogP contribution in [0.2, 0.25) is 0 Å². The molecule has 1 aromatic heterocycles. The van der Waals surface area contributed by atoms with Gasteiger partial charge in [0, 0.05) is 22.8 Å². The largest absolute Gasteiger partial charge is 0.454 e. The number of esters is 1. The molecule has 0 saturated carbocycles. The van der Waals surface area contributed by atoms with Crippen molar-refractivity contribution in [1.82, 2.24) is 5.32 Å². The fourth-order valence-corrected chi connectivity index (χ4v) is 3.40. The van der Waals surface area contributed by atoms with Crippen molar-refractivity contribution in [3.63, 3.8) is 0 Å². The van der Waals surface area contributed by atoms with E-state index in [-0.39, 0.29) is 21.7 Å². The van der Waals surface area contributed by atoms with Crippen LogP contribution in [-0.4, -0.2) is 30.8 Å². The Kier molecular flexibility index (Phi) is 6.83. The average Bonchev–Trinajstić information content (AvgIpc) is 3.01. The molecule has 0 aliphatic heterocycles. The molecule has 132 valence electrons. The Hall–Kier alpha value is -2.06. The Labute approximate surface area is 156 Å². The van der Waals surface area contributed by atoms with E-state index >= 15 is 0 Å². The first-order valence-electron chi connectivity index (χ1n) is 7.35. The van der Waals surface area contributed by atoms with E-state index in [0.29, 0.717) is 17.8 Å². The van der Waals surface area contributed by atoms with Crippen molar-refractivity contribution in [1.29, 1.82) is 0 Å². The highest BCUT2D eigenvalue weighted by molar-refractivity contribution is 9.10. The summed E-state index contributed by atoms with van der Waals surface area (Å²) in [6.07, 6.45) is 0.625. The number of thiophene rings is 1. The maximum Gasteiger partial charge on any atom is 0.339 e. The Bertz CT molecular complexity index is 806. The summed E-state index contributed by atoms with van der Waals surface area (Å²) in [6, 6.07) is 7.05. The van der Waals surface area contributed by atoms with Crippen LogP contribution in [0.5, 0.6) is 0 Å². The quantitative estimate of drug-likeness (QED) is 0.542. The molecule has 2 aromatic rings.